The predicted molar refractivity (Wildman–Crippen MR) is 84.8 cm³/mol. The highest BCUT2D eigenvalue weighted by Crippen LogP contribution is 2.25. The third-order valence-corrected chi connectivity index (χ3v) is 3.45. The first-order valence-electron chi connectivity index (χ1n) is 6.94. The molecule has 2 aromatic heterocycles. The number of benzene rings is 1. The summed E-state index contributed by atoms with van der Waals surface area (Å²) in [6, 6.07) is 11.8. The molecule has 0 aliphatic rings. The van der Waals surface area contributed by atoms with E-state index in [-0.39, 0.29) is 6.61 Å². The van der Waals surface area contributed by atoms with Crippen molar-refractivity contribution in [1.29, 1.82) is 0 Å². The Morgan fingerprint density at radius 3 is 2.32 bits per heavy atom. The molecular weight excluding hydrogens is 278 g/mol. The molecule has 6 heteroatoms. The molecule has 3 rings (SSSR count). The molecule has 0 aliphatic carbocycles. The van der Waals surface area contributed by atoms with Crippen LogP contribution in [-0.4, -0.2) is 39.2 Å². The van der Waals surface area contributed by atoms with E-state index < -0.39 is 0 Å². The Morgan fingerprint density at radius 2 is 1.73 bits per heavy atom. The van der Waals surface area contributed by atoms with E-state index in [1.165, 1.54) is 0 Å². The lowest BCUT2D eigenvalue weighted by Gasteiger charge is -2.13. The van der Waals surface area contributed by atoms with Gasteiger partial charge in [0.1, 0.15) is 11.4 Å². The van der Waals surface area contributed by atoms with Crippen LogP contribution in [0.1, 0.15) is 5.69 Å². The molecule has 2 heterocycles. The Kier molecular flexibility index (Phi) is 3.84. The largest absolute Gasteiger partial charge is 0.390 e. The molecule has 22 heavy (non-hydrogen) atoms. The second-order valence-corrected chi connectivity index (χ2v) is 5.10. The van der Waals surface area contributed by atoms with E-state index in [2.05, 4.69) is 15.3 Å². The van der Waals surface area contributed by atoms with Gasteiger partial charge in [0, 0.05) is 37.7 Å². The van der Waals surface area contributed by atoms with Crippen LogP contribution in [0.3, 0.4) is 0 Å². The minimum absolute atomic E-state index is 0.159. The van der Waals surface area contributed by atoms with E-state index in [1.807, 2.05) is 55.4 Å². The number of hydrogen-bond donors (Lipinski definition) is 1. The fourth-order valence-corrected chi connectivity index (χ4v) is 2.29. The summed E-state index contributed by atoms with van der Waals surface area (Å²) in [4.78, 5) is 6.06. The Balaban J connectivity index is 2.10. The van der Waals surface area contributed by atoms with Crippen LogP contribution in [0.15, 0.2) is 48.8 Å². The van der Waals surface area contributed by atoms with Crippen LogP contribution in [-0.2, 0) is 6.61 Å². The first kappa shape index (κ1) is 14.2. The van der Waals surface area contributed by atoms with Crippen molar-refractivity contribution in [3.63, 3.8) is 0 Å². The van der Waals surface area contributed by atoms with E-state index in [0.717, 1.165) is 22.6 Å². The molecular formula is C16H17N5O. The van der Waals surface area contributed by atoms with Crippen LogP contribution < -0.4 is 4.90 Å². The van der Waals surface area contributed by atoms with E-state index in [4.69, 9.17) is 0 Å². The van der Waals surface area contributed by atoms with Crippen molar-refractivity contribution in [2.45, 2.75) is 6.61 Å². The summed E-state index contributed by atoms with van der Waals surface area (Å²) >= 11 is 0. The number of aromatic nitrogens is 4. The predicted octanol–water partition coefficient (Wildman–Crippen LogP) is 1.89. The van der Waals surface area contributed by atoms with Crippen molar-refractivity contribution in [2.24, 2.45) is 0 Å². The summed E-state index contributed by atoms with van der Waals surface area (Å²) in [5.41, 5.74) is 4.24. The molecule has 1 aromatic carbocycles. The van der Waals surface area contributed by atoms with E-state index in [0.29, 0.717) is 5.69 Å². The second-order valence-electron chi connectivity index (χ2n) is 5.10. The summed E-state index contributed by atoms with van der Waals surface area (Å²) in [6.45, 7) is -0.159. The minimum atomic E-state index is -0.159. The maximum absolute atomic E-state index is 9.52. The van der Waals surface area contributed by atoms with E-state index >= 15 is 0 Å². The smallest absolute Gasteiger partial charge is 0.117 e. The van der Waals surface area contributed by atoms with Crippen LogP contribution >= 0.6 is 0 Å². The zero-order chi connectivity index (χ0) is 15.5. The number of aliphatic hydroxyl groups is 1. The minimum Gasteiger partial charge on any atom is -0.390 e. The van der Waals surface area contributed by atoms with Crippen LogP contribution in [0, 0.1) is 0 Å². The number of hydrogen-bond acceptors (Lipinski definition) is 5. The van der Waals surface area contributed by atoms with Gasteiger partial charge in [-0.05, 0) is 36.4 Å². The maximum atomic E-state index is 9.52. The number of pyridine rings is 1. The quantitative estimate of drug-likeness (QED) is 0.796. The molecule has 6 nitrogen and oxygen atoms in total. The zero-order valence-corrected chi connectivity index (χ0v) is 12.5. The van der Waals surface area contributed by atoms with Crippen LogP contribution in [0.5, 0.6) is 0 Å². The van der Waals surface area contributed by atoms with Gasteiger partial charge in [-0.15, -0.1) is 5.10 Å². The normalized spacial score (nSPS) is 10.7. The van der Waals surface area contributed by atoms with Crippen LogP contribution in [0.25, 0.3) is 16.9 Å². The van der Waals surface area contributed by atoms with Gasteiger partial charge in [-0.3, -0.25) is 4.98 Å². The Bertz CT molecular complexity index is 750. The zero-order valence-electron chi connectivity index (χ0n) is 12.5. The molecule has 0 saturated heterocycles. The van der Waals surface area contributed by atoms with Crippen LogP contribution in [0.2, 0.25) is 0 Å². The van der Waals surface area contributed by atoms with Gasteiger partial charge in [0.05, 0.1) is 12.3 Å². The summed E-state index contributed by atoms with van der Waals surface area (Å²) in [5, 5.41) is 17.8. The highest BCUT2D eigenvalue weighted by atomic mass is 16.3. The fourth-order valence-electron chi connectivity index (χ4n) is 2.29. The topological polar surface area (TPSA) is 67.1 Å². The molecule has 1 N–H and O–H groups in total. The van der Waals surface area contributed by atoms with Gasteiger partial charge in [-0.2, -0.15) is 0 Å². The lowest BCUT2D eigenvalue weighted by atomic mass is 10.1. The van der Waals surface area contributed by atoms with E-state index in [1.54, 1.807) is 17.1 Å². The molecule has 0 saturated carbocycles. The number of rotatable bonds is 4. The SMILES string of the molecule is CN(C)c1ccc(-n2nnc(CO)c2-c2ccncc2)cc1. The van der Waals surface area contributed by atoms with Crippen molar-refractivity contribution in [3.05, 3.63) is 54.5 Å². The monoisotopic (exact) mass is 295 g/mol. The first-order valence-corrected chi connectivity index (χ1v) is 6.94. The average Bonchev–Trinajstić information content (AvgIpc) is 2.99. The lowest BCUT2D eigenvalue weighted by Crippen LogP contribution is -2.08. The third kappa shape index (κ3) is 2.56. The van der Waals surface area contributed by atoms with Gasteiger partial charge in [0.25, 0.3) is 0 Å². The molecule has 0 atom stereocenters. The summed E-state index contributed by atoms with van der Waals surface area (Å²) in [7, 11) is 3.99. The molecule has 3 aromatic rings. The van der Waals surface area contributed by atoms with Crippen molar-refractivity contribution in [2.75, 3.05) is 19.0 Å². The van der Waals surface area contributed by atoms with Crippen molar-refractivity contribution in [1.82, 2.24) is 20.0 Å². The Morgan fingerprint density at radius 1 is 1.05 bits per heavy atom. The third-order valence-electron chi connectivity index (χ3n) is 3.45. The molecule has 0 radical (unpaired) electrons. The van der Waals surface area contributed by atoms with Crippen LogP contribution in [0.4, 0.5) is 5.69 Å². The molecule has 0 aliphatic heterocycles. The van der Waals surface area contributed by atoms with E-state index in [9.17, 15) is 5.11 Å². The first-order chi connectivity index (χ1) is 10.7. The Hall–Kier alpha value is -2.73. The average molecular weight is 295 g/mol. The standard InChI is InChI=1S/C16H17N5O/c1-20(2)13-3-5-14(6-4-13)21-16(15(11-22)18-19-21)12-7-9-17-10-8-12/h3-10,22H,11H2,1-2H3. The van der Waals surface area contributed by atoms with Crippen molar-refractivity contribution >= 4 is 5.69 Å². The summed E-state index contributed by atoms with van der Waals surface area (Å²) in [5.74, 6) is 0. The molecule has 0 bridgehead atoms. The van der Waals surface area contributed by atoms with Gasteiger partial charge < -0.3 is 10.0 Å². The number of anilines is 1. The highest BCUT2D eigenvalue weighted by molar-refractivity contribution is 5.64. The Labute approximate surface area is 128 Å². The fraction of sp³-hybridized carbons (Fsp3) is 0.188. The number of aliphatic hydroxyl groups excluding tert-OH is 1. The van der Waals surface area contributed by atoms with Gasteiger partial charge in [-0.1, -0.05) is 5.21 Å². The molecule has 112 valence electrons. The van der Waals surface area contributed by atoms with Gasteiger partial charge >= 0.3 is 0 Å². The summed E-state index contributed by atoms with van der Waals surface area (Å²) in [6.07, 6.45) is 3.42. The number of nitrogens with zero attached hydrogens (tertiary/aromatic N) is 5. The second kappa shape index (κ2) is 5.95. The molecule has 0 spiro atoms. The maximum Gasteiger partial charge on any atom is 0.117 e. The molecule has 0 amide bonds. The van der Waals surface area contributed by atoms with Gasteiger partial charge in [-0.25, -0.2) is 4.68 Å². The van der Waals surface area contributed by atoms with Crippen molar-refractivity contribution in [3.8, 4) is 16.9 Å². The molecule has 0 fully saturated rings. The van der Waals surface area contributed by atoms with Gasteiger partial charge in [0.2, 0.25) is 0 Å². The summed E-state index contributed by atoms with van der Waals surface area (Å²) < 4.78 is 1.74. The lowest BCUT2D eigenvalue weighted by molar-refractivity contribution is 0.277. The van der Waals surface area contributed by atoms with Gasteiger partial charge in [0.15, 0.2) is 0 Å². The highest BCUT2D eigenvalue weighted by Gasteiger charge is 2.15. The van der Waals surface area contributed by atoms with Crippen molar-refractivity contribution < 1.29 is 5.11 Å². The molecule has 0 unspecified atom stereocenters.